The van der Waals surface area contributed by atoms with Crippen molar-refractivity contribution in [1.82, 2.24) is 4.98 Å². The van der Waals surface area contributed by atoms with Crippen molar-refractivity contribution in [2.24, 2.45) is 0 Å². The fraction of sp³-hybridized carbons (Fsp3) is 0.615. The first-order valence-corrected chi connectivity index (χ1v) is 6.48. The van der Waals surface area contributed by atoms with Gasteiger partial charge in [0.15, 0.2) is 0 Å². The topological polar surface area (TPSA) is 79.5 Å². The molecule has 1 aliphatic heterocycles. The predicted molar refractivity (Wildman–Crippen MR) is 72.3 cm³/mol. The molecular formula is C13H19N3O3. The van der Waals surface area contributed by atoms with Crippen LogP contribution in [0, 0.1) is 17.0 Å². The van der Waals surface area contributed by atoms with Crippen LogP contribution in [0.3, 0.4) is 0 Å². The lowest BCUT2D eigenvalue weighted by Crippen LogP contribution is -2.29. The van der Waals surface area contributed by atoms with Crippen LogP contribution >= 0.6 is 0 Å². The van der Waals surface area contributed by atoms with Gasteiger partial charge in [0.05, 0.1) is 10.5 Å². The summed E-state index contributed by atoms with van der Waals surface area (Å²) in [5.41, 5.74) is 0.00271. The molecule has 0 bridgehead atoms. The number of anilines is 1. The fourth-order valence-electron chi connectivity index (χ4n) is 2.47. The molecule has 0 aromatic carbocycles. The molecular weight excluding hydrogens is 246 g/mol. The van der Waals surface area contributed by atoms with Crippen LogP contribution < -0.4 is 4.90 Å². The van der Waals surface area contributed by atoms with Crippen LogP contribution in [0.1, 0.15) is 31.7 Å². The number of aromatic nitrogens is 1. The summed E-state index contributed by atoms with van der Waals surface area (Å²) >= 11 is 0. The lowest BCUT2D eigenvalue weighted by molar-refractivity contribution is -0.384. The highest BCUT2D eigenvalue weighted by molar-refractivity contribution is 5.61. The maximum Gasteiger partial charge on any atom is 0.314 e. The second-order valence-corrected chi connectivity index (χ2v) is 5.39. The highest BCUT2D eigenvalue weighted by Gasteiger charge is 2.29. The first-order valence-electron chi connectivity index (χ1n) is 6.48. The molecule has 1 aromatic heterocycles. The molecule has 104 valence electrons. The zero-order valence-electron chi connectivity index (χ0n) is 11.3. The second kappa shape index (κ2) is 5.13. The van der Waals surface area contributed by atoms with E-state index < -0.39 is 5.60 Å². The van der Waals surface area contributed by atoms with Crippen molar-refractivity contribution in [2.45, 2.75) is 38.7 Å². The van der Waals surface area contributed by atoms with Gasteiger partial charge < -0.3 is 10.0 Å². The molecule has 0 saturated carbocycles. The molecule has 0 aliphatic carbocycles. The van der Waals surface area contributed by atoms with Crippen LogP contribution in [0.5, 0.6) is 0 Å². The van der Waals surface area contributed by atoms with Crippen LogP contribution in [0.25, 0.3) is 0 Å². The molecule has 6 nitrogen and oxygen atoms in total. The minimum atomic E-state index is -0.687. The number of nitrogens with zero attached hydrogens (tertiary/aromatic N) is 3. The number of aryl methyl sites for hydroxylation is 1. The average molecular weight is 265 g/mol. The van der Waals surface area contributed by atoms with Crippen molar-refractivity contribution in [3.63, 3.8) is 0 Å². The zero-order chi connectivity index (χ0) is 14.0. The van der Waals surface area contributed by atoms with Gasteiger partial charge in [0, 0.05) is 24.8 Å². The van der Waals surface area contributed by atoms with E-state index >= 15 is 0 Å². The van der Waals surface area contributed by atoms with Crippen LogP contribution in [-0.2, 0) is 0 Å². The molecule has 19 heavy (non-hydrogen) atoms. The molecule has 1 atom stereocenters. The molecule has 1 aromatic rings. The number of rotatable bonds is 2. The van der Waals surface area contributed by atoms with E-state index in [0.717, 1.165) is 6.42 Å². The minimum Gasteiger partial charge on any atom is -0.390 e. The molecule has 0 spiro atoms. The number of pyridine rings is 1. The van der Waals surface area contributed by atoms with Gasteiger partial charge in [-0.05, 0) is 39.2 Å². The Balaban J connectivity index is 2.32. The van der Waals surface area contributed by atoms with Gasteiger partial charge in [-0.2, -0.15) is 0 Å². The highest BCUT2D eigenvalue weighted by Crippen LogP contribution is 2.32. The second-order valence-electron chi connectivity index (χ2n) is 5.39. The number of hydrogen-bond acceptors (Lipinski definition) is 5. The zero-order valence-corrected chi connectivity index (χ0v) is 11.3. The number of aliphatic hydroxyl groups is 1. The Morgan fingerprint density at radius 3 is 2.89 bits per heavy atom. The average Bonchev–Trinajstić information content (AvgIpc) is 2.49. The van der Waals surface area contributed by atoms with Crippen molar-refractivity contribution in [2.75, 3.05) is 18.0 Å². The molecule has 2 heterocycles. The van der Waals surface area contributed by atoms with Gasteiger partial charge in [-0.15, -0.1) is 0 Å². The molecule has 1 aliphatic rings. The van der Waals surface area contributed by atoms with Crippen molar-refractivity contribution in [1.29, 1.82) is 0 Å². The van der Waals surface area contributed by atoms with Crippen LogP contribution in [0.15, 0.2) is 12.3 Å². The summed E-state index contributed by atoms with van der Waals surface area (Å²) in [5, 5.41) is 21.3. The summed E-state index contributed by atoms with van der Waals surface area (Å²) in [7, 11) is 0. The third kappa shape index (κ3) is 3.01. The Hall–Kier alpha value is -1.69. The van der Waals surface area contributed by atoms with Gasteiger partial charge in [-0.1, -0.05) is 0 Å². The first kappa shape index (κ1) is 13.7. The summed E-state index contributed by atoms with van der Waals surface area (Å²) < 4.78 is 0. The molecule has 1 fully saturated rings. The van der Waals surface area contributed by atoms with E-state index in [2.05, 4.69) is 4.98 Å². The molecule has 0 radical (unpaired) electrons. The van der Waals surface area contributed by atoms with Crippen LogP contribution in [0.4, 0.5) is 11.5 Å². The third-order valence-electron chi connectivity index (χ3n) is 3.65. The molecule has 0 amide bonds. The van der Waals surface area contributed by atoms with Gasteiger partial charge in [0.1, 0.15) is 0 Å². The van der Waals surface area contributed by atoms with Crippen LogP contribution in [-0.4, -0.2) is 33.7 Å². The lowest BCUT2D eigenvalue weighted by Gasteiger charge is -2.23. The Morgan fingerprint density at radius 2 is 2.21 bits per heavy atom. The molecule has 1 N–H and O–H groups in total. The third-order valence-corrected chi connectivity index (χ3v) is 3.65. The smallest absolute Gasteiger partial charge is 0.314 e. The fourth-order valence-corrected chi connectivity index (χ4v) is 2.47. The summed E-state index contributed by atoms with van der Waals surface area (Å²) in [6.07, 6.45) is 3.71. The Kier molecular flexibility index (Phi) is 3.71. The van der Waals surface area contributed by atoms with E-state index in [0.29, 0.717) is 37.3 Å². The summed E-state index contributed by atoms with van der Waals surface area (Å²) in [6.45, 7) is 4.81. The van der Waals surface area contributed by atoms with E-state index in [4.69, 9.17) is 0 Å². The van der Waals surface area contributed by atoms with E-state index in [9.17, 15) is 15.2 Å². The maximum absolute atomic E-state index is 11.2. The van der Waals surface area contributed by atoms with Gasteiger partial charge in [-0.3, -0.25) is 10.1 Å². The van der Waals surface area contributed by atoms with Gasteiger partial charge in [0.2, 0.25) is 5.82 Å². The minimum absolute atomic E-state index is 0.0732. The monoisotopic (exact) mass is 265 g/mol. The SMILES string of the molecule is Cc1ccnc(N2CCCC(C)(O)CC2)c1[N+](=O)[O-]. The van der Waals surface area contributed by atoms with Crippen molar-refractivity contribution >= 4 is 11.5 Å². The number of hydrogen-bond donors (Lipinski definition) is 1. The Bertz CT molecular complexity index is 488. The van der Waals surface area contributed by atoms with E-state index in [1.165, 1.54) is 0 Å². The van der Waals surface area contributed by atoms with Gasteiger partial charge in [-0.25, -0.2) is 4.98 Å². The summed E-state index contributed by atoms with van der Waals surface area (Å²) in [5.74, 6) is 0.419. The highest BCUT2D eigenvalue weighted by atomic mass is 16.6. The van der Waals surface area contributed by atoms with Crippen molar-refractivity contribution < 1.29 is 10.0 Å². The predicted octanol–water partition coefficient (Wildman–Crippen LogP) is 2.04. The number of nitro groups is 1. The van der Waals surface area contributed by atoms with Gasteiger partial charge >= 0.3 is 5.69 Å². The standard InChI is InChI=1S/C13H19N3O3/c1-10-4-7-14-12(11(10)16(18)19)15-8-3-5-13(2,17)6-9-15/h4,7,17H,3,5-6,8-9H2,1-2H3. The summed E-state index contributed by atoms with van der Waals surface area (Å²) in [6, 6.07) is 1.65. The quantitative estimate of drug-likeness (QED) is 0.654. The molecule has 6 heteroatoms. The Labute approximate surface area is 112 Å². The molecule has 1 unspecified atom stereocenters. The van der Waals surface area contributed by atoms with Crippen LogP contribution in [0.2, 0.25) is 0 Å². The van der Waals surface area contributed by atoms with E-state index in [1.54, 1.807) is 19.2 Å². The largest absolute Gasteiger partial charge is 0.390 e. The van der Waals surface area contributed by atoms with Gasteiger partial charge in [0.25, 0.3) is 0 Å². The Morgan fingerprint density at radius 1 is 1.47 bits per heavy atom. The normalized spacial score (nSPS) is 24.1. The maximum atomic E-state index is 11.2. The van der Waals surface area contributed by atoms with E-state index in [-0.39, 0.29) is 10.6 Å². The lowest BCUT2D eigenvalue weighted by atomic mass is 9.98. The molecule has 1 saturated heterocycles. The summed E-state index contributed by atoms with van der Waals surface area (Å²) in [4.78, 5) is 16.9. The van der Waals surface area contributed by atoms with E-state index in [1.807, 2.05) is 11.8 Å². The van der Waals surface area contributed by atoms with Crippen molar-refractivity contribution in [3.8, 4) is 0 Å². The first-order chi connectivity index (χ1) is 8.91. The van der Waals surface area contributed by atoms with Crippen molar-refractivity contribution in [3.05, 3.63) is 27.9 Å². The molecule has 2 rings (SSSR count).